The van der Waals surface area contributed by atoms with E-state index in [1.165, 1.54) is 18.4 Å². The van der Waals surface area contributed by atoms with Gasteiger partial charge in [-0.25, -0.2) is 9.78 Å². The van der Waals surface area contributed by atoms with Crippen molar-refractivity contribution < 1.29 is 9.53 Å². The molecule has 1 N–H and O–H groups in total. The summed E-state index contributed by atoms with van der Waals surface area (Å²) in [5, 5.41) is 5.68. The van der Waals surface area contributed by atoms with Crippen molar-refractivity contribution in [2.75, 3.05) is 7.11 Å². The number of amidine groups is 1. The molecule has 3 rings (SSSR count). The topological polar surface area (TPSA) is 63.6 Å². The molecule has 0 saturated heterocycles. The number of carbonyl (C=O) groups is 1. The average molecular weight is 378 g/mol. The van der Waals surface area contributed by atoms with Gasteiger partial charge in [0.25, 0.3) is 0 Å². The monoisotopic (exact) mass is 377 g/mol. The van der Waals surface area contributed by atoms with Crippen LogP contribution in [0.3, 0.4) is 0 Å². The van der Waals surface area contributed by atoms with Gasteiger partial charge in [0.05, 0.1) is 12.7 Å². The maximum Gasteiger partial charge on any atom is 0.337 e. The number of esters is 1. The molecule has 1 aromatic heterocycles. The van der Waals surface area contributed by atoms with Gasteiger partial charge in [0.2, 0.25) is 0 Å². The van der Waals surface area contributed by atoms with Crippen LogP contribution < -0.4 is 5.32 Å². The fourth-order valence-electron chi connectivity index (χ4n) is 2.14. The van der Waals surface area contributed by atoms with Gasteiger partial charge in [0, 0.05) is 22.2 Å². The molecule has 2 heterocycles. The molecule has 0 aliphatic carbocycles. The Bertz CT molecular complexity index is 756. The highest BCUT2D eigenvalue weighted by Gasteiger charge is 2.28. The van der Waals surface area contributed by atoms with E-state index >= 15 is 0 Å². The number of methoxy groups -OCH3 is 1. The molecule has 0 spiro atoms. The Labute approximate surface area is 139 Å². The lowest BCUT2D eigenvalue weighted by Crippen LogP contribution is -2.28. The minimum Gasteiger partial charge on any atom is -0.466 e. The normalized spacial score (nSPS) is 17.3. The molecule has 112 valence electrons. The van der Waals surface area contributed by atoms with Gasteiger partial charge in [0.15, 0.2) is 10.8 Å². The summed E-state index contributed by atoms with van der Waals surface area (Å²) >= 11 is 5.00. The third-order valence-electron chi connectivity index (χ3n) is 3.17. The van der Waals surface area contributed by atoms with Crippen LogP contribution in [-0.2, 0) is 9.53 Å². The highest BCUT2D eigenvalue weighted by atomic mass is 79.9. The fraction of sp³-hybridized carbons (Fsp3) is 0.133. The summed E-state index contributed by atoms with van der Waals surface area (Å²) in [6, 6.07) is 7.24. The average Bonchev–Trinajstić information content (AvgIpc) is 3.08. The Morgan fingerprint density at radius 1 is 1.41 bits per heavy atom. The maximum atomic E-state index is 12.0. The zero-order chi connectivity index (χ0) is 15.5. The molecule has 22 heavy (non-hydrogen) atoms. The molecule has 1 atom stereocenters. The molecule has 0 amide bonds. The van der Waals surface area contributed by atoms with Crippen molar-refractivity contribution in [3.63, 3.8) is 0 Å². The van der Waals surface area contributed by atoms with Crippen molar-refractivity contribution in [1.82, 2.24) is 10.3 Å². The number of thiazole rings is 1. The largest absolute Gasteiger partial charge is 0.466 e. The van der Waals surface area contributed by atoms with Crippen molar-refractivity contribution in [2.24, 2.45) is 4.99 Å². The van der Waals surface area contributed by atoms with Crippen LogP contribution >= 0.6 is 27.3 Å². The minimum atomic E-state index is -0.442. The van der Waals surface area contributed by atoms with E-state index in [2.05, 4.69) is 31.2 Å². The number of hydrogen-bond donors (Lipinski definition) is 1. The van der Waals surface area contributed by atoms with Crippen LogP contribution in [-0.4, -0.2) is 23.9 Å². The molecule has 2 aromatic rings. The predicted molar refractivity (Wildman–Crippen MR) is 88.8 cm³/mol. The van der Waals surface area contributed by atoms with Gasteiger partial charge in [-0.1, -0.05) is 34.1 Å². The molecule has 1 aliphatic rings. The Hall–Kier alpha value is -1.99. The second kappa shape index (κ2) is 6.41. The first-order valence-corrected chi connectivity index (χ1v) is 8.15. The van der Waals surface area contributed by atoms with Crippen LogP contribution in [0, 0.1) is 0 Å². The number of benzene rings is 1. The van der Waals surface area contributed by atoms with Crippen LogP contribution in [0.15, 0.2) is 57.1 Å². The summed E-state index contributed by atoms with van der Waals surface area (Å²) in [5.41, 5.74) is 1.35. The minimum absolute atomic E-state index is 0.407. The van der Waals surface area contributed by atoms with E-state index in [1.807, 2.05) is 29.6 Å². The number of nitrogens with zero attached hydrogens (tertiary/aromatic N) is 2. The summed E-state index contributed by atoms with van der Waals surface area (Å²) in [6.45, 7) is 0. The third-order valence-corrected chi connectivity index (χ3v) is 4.67. The second-order valence-electron chi connectivity index (χ2n) is 4.47. The van der Waals surface area contributed by atoms with Gasteiger partial charge in [-0.05, 0) is 11.6 Å². The Balaban J connectivity index is 2.06. The van der Waals surface area contributed by atoms with Crippen molar-refractivity contribution >= 4 is 39.1 Å². The smallest absolute Gasteiger partial charge is 0.337 e. The zero-order valence-corrected chi connectivity index (χ0v) is 14.0. The second-order valence-corrected chi connectivity index (χ2v) is 6.22. The summed E-state index contributed by atoms with van der Waals surface area (Å²) in [6.07, 6.45) is 3.36. The highest BCUT2D eigenvalue weighted by molar-refractivity contribution is 9.10. The molecule has 1 aliphatic heterocycles. The first kappa shape index (κ1) is 14.9. The van der Waals surface area contributed by atoms with Crippen LogP contribution in [0.25, 0.3) is 0 Å². The van der Waals surface area contributed by atoms with Crippen molar-refractivity contribution in [3.05, 3.63) is 62.7 Å². The Kier molecular flexibility index (Phi) is 4.35. The number of hydrogen-bond acceptors (Lipinski definition) is 6. The van der Waals surface area contributed by atoms with E-state index in [0.717, 1.165) is 15.0 Å². The fourth-order valence-corrected chi connectivity index (χ4v) is 3.24. The number of rotatable bonds is 3. The summed E-state index contributed by atoms with van der Waals surface area (Å²) in [5.74, 6) is 0.235. The molecule has 7 heteroatoms. The number of halogens is 1. The molecule has 0 radical (unpaired) electrons. The lowest BCUT2D eigenvalue weighted by molar-refractivity contribution is -0.136. The third kappa shape index (κ3) is 2.82. The van der Waals surface area contributed by atoms with Crippen molar-refractivity contribution in [3.8, 4) is 0 Å². The van der Waals surface area contributed by atoms with Crippen molar-refractivity contribution in [2.45, 2.75) is 6.04 Å². The lowest BCUT2D eigenvalue weighted by atomic mass is 9.99. The molecule has 0 unspecified atom stereocenters. The SMILES string of the molecule is COC(=O)C1=CNC(c2nccs2)=N[C@H]1c1ccccc1Br. The molecule has 5 nitrogen and oxygen atoms in total. The zero-order valence-electron chi connectivity index (χ0n) is 11.6. The number of aliphatic imine (C=N–C) groups is 1. The number of aromatic nitrogens is 1. The van der Waals surface area contributed by atoms with Crippen LogP contribution in [0.2, 0.25) is 0 Å². The first-order chi connectivity index (χ1) is 10.7. The Morgan fingerprint density at radius 2 is 2.23 bits per heavy atom. The van der Waals surface area contributed by atoms with Gasteiger partial charge < -0.3 is 10.1 Å². The van der Waals surface area contributed by atoms with E-state index in [1.54, 1.807) is 12.4 Å². The van der Waals surface area contributed by atoms with E-state index in [-0.39, 0.29) is 0 Å². The van der Waals surface area contributed by atoms with Gasteiger partial charge in [-0.15, -0.1) is 11.3 Å². The molecule has 0 fully saturated rings. The Morgan fingerprint density at radius 3 is 2.91 bits per heavy atom. The number of carbonyl (C=O) groups excluding carboxylic acids is 1. The summed E-state index contributed by atoms with van der Waals surface area (Å²) < 4.78 is 5.75. The lowest BCUT2D eigenvalue weighted by Gasteiger charge is -2.22. The molecule has 0 saturated carbocycles. The van der Waals surface area contributed by atoms with E-state index in [0.29, 0.717) is 11.4 Å². The highest BCUT2D eigenvalue weighted by Crippen LogP contribution is 2.34. The molecule has 0 bridgehead atoms. The van der Waals surface area contributed by atoms with Gasteiger partial charge in [-0.3, -0.25) is 4.99 Å². The van der Waals surface area contributed by atoms with Crippen LogP contribution in [0.4, 0.5) is 0 Å². The van der Waals surface area contributed by atoms with Crippen LogP contribution in [0.1, 0.15) is 16.6 Å². The predicted octanol–water partition coefficient (Wildman–Crippen LogP) is 3.05. The standard InChI is InChI=1S/C15H12BrN3O2S/c1-21-15(20)10-8-18-13(14-17-6-7-22-14)19-12(10)9-4-2-3-5-11(9)16/h2-8,12H,1H3,(H,18,19)/t12-/m0/s1. The molecule has 1 aromatic carbocycles. The van der Waals surface area contributed by atoms with E-state index < -0.39 is 12.0 Å². The first-order valence-electron chi connectivity index (χ1n) is 6.47. The number of nitrogens with one attached hydrogen (secondary N) is 1. The van der Waals surface area contributed by atoms with E-state index in [9.17, 15) is 4.79 Å². The quantitative estimate of drug-likeness (QED) is 0.834. The van der Waals surface area contributed by atoms with Gasteiger partial charge in [0.1, 0.15) is 6.04 Å². The molecular weight excluding hydrogens is 366 g/mol. The summed E-state index contributed by atoms with van der Waals surface area (Å²) in [7, 11) is 1.36. The van der Waals surface area contributed by atoms with Crippen molar-refractivity contribution in [1.29, 1.82) is 0 Å². The van der Waals surface area contributed by atoms with Crippen LogP contribution in [0.5, 0.6) is 0 Å². The van der Waals surface area contributed by atoms with E-state index in [4.69, 9.17) is 4.74 Å². The maximum absolute atomic E-state index is 12.0. The molecular formula is C15H12BrN3O2S. The number of ether oxygens (including phenoxy) is 1. The summed E-state index contributed by atoms with van der Waals surface area (Å²) in [4.78, 5) is 20.9. The van der Waals surface area contributed by atoms with Gasteiger partial charge in [-0.2, -0.15) is 0 Å². The van der Waals surface area contributed by atoms with Gasteiger partial charge >= 0.3 is 5.97 Å².